The lowest BCUT2D eigenvalue weighted by Crippen LogP contribution is -2.37. The maximum absolute atomic E-state index is 9.51. The second kappa shape index (κ2) is 6.96. The number of ether oxygens (including phenoxy) is 1. The molecule has 9 nitrogen and oxygen atoms in total. The summed E-state index contributed by atoms with van der Waals surface area (Å²) in [6, 6.07) is 0. The highest BCUT2D eigenvalue weighted by atomic mass is 16.5. The van der Waals surface area contributed by atoms with Crippen LogP contribution < -0.4 is 15.4 Å². The van der Waals surface area contributed by atoms with Gasteiger partial charge in [0, 0.05) is 26.4 Å². The molecular weight excluding hydrogens is 262 g/mol. The van der Waals surface area contributed by atoms with Crippen LogP contribution >= 0.6 is 0 Å². The number of nitrogens with zero attached hydrogens (tertiary/aromatic N) is 6. The fourth-order valence-corrected chi connectivity index (χ4v) is 1.65. The van der Waals surface area contributed by atoms with Crippen molar-refractivity contribution in [2.45, 2.75) is 13.3 Å². The molecular formula is C11H19N7O2. The molecule has 0 atom stereocenters. The number of nitrogens with one attached hydrogen (secondary N) is 1. The largest absolute Gasteiger partial charge is 0.378 e. The predicted molar refractivity (Wildman–Crippen MR) is 75.5 cm³/mol. The molecule has 1 aliphatic rings. The fraction of sp³-hybridized carbons (Fsp3) is 0.636. The van der Waals surface area contributed by atoms with Crippen molar-refractivity contribution in [3.63, 3.8) is 0 Å². The molecule has 2 N–H and O–H groups in total. The van der Waals surface area contributed by atoms with Gasteiger partial charge in [-0.1, -0.05) is 6.92 Å². The monoisotopic (exact) mass is 281 g/mol. The Balaban J connectivity index is 2.22. The average molecular weight is 281 g/mol. The molecule has 1 aromatic heterocycles. The van der Waals surface area contributed by atoms with Crippen molar-refractivity contribution in [1.29, 1.82) is 0 Å². The molecule has 110 valence electrons. The van der Waals surface area contributed by atoms with E-state index in [1.807, 2.05) is 11.8 Å². The molecule has 0 radical (unpaired) electrons. The first-order chi connectivity index (χ1) is 9.70. The van der Waals surface area contributed by atoms with E-state index < -0.39 is 0 Å². The SMILES string of the molecule is CC/C=N/Nc1nc(N(C)O)nc(N2CCOCC2)n1. The summed E-state index contributed by atoms with van der Waals surface area (Å²) in [7, 11) is 1.46. The minimum Gasteiger partial charge on any atom is -0.378 e. The normalized spacial score (nSPS) is 15.7. The lowest BCUT2D eigenvalue weighted by Gasteiger charge is -2.27. The van der Waals surface area contributed by atoms with Crippen LogP contribution in [0.3, 0.4) is 0 Å². The Hall–Kier alpha value is -2.00. The zero-order valence-corrected chi connectivity index (χ0v) is 11.7. The molecule has 1 aliphatic heterocycles. The molecule has 1 fully saturated rings. The topological polar surface area (TPSA) is 99.0 Å². The van der Waals surface area contributed by atoms with Crippen LogP contribution in [-0.2, 0) is 4.74 Å². The van der Waals surface area contributed by atoms with E-state index in [4.69, 9.17) is 4.74 Å². The number of hydrazone groups is 1. The summed E-state index contributed by atoms with van der Waals surface area (Å²) in [5, 5.41) is 14.3. The summed E-state index contributed by atoms with van der Waals surface area (Å²) in [5.74, 6) is 0.950. The highest BCUT2D eigenvalue weighted by Gasteiger charge is 2.17. The van der Waals surface area contributed by atoms with Crippen LogP contribution in [0.2, 0.25) is 0 Å². The van der Waals surface area contributed by atoms with Crippen LogP contribution in [0.5, 0.6) is 0 Å². The van der Waals surface area contributed by atoms with Crippen LogP contribution in [-0.4, -0.2) is 59.7 Å². The molecule has 2 rings (SSSR count). The molecule has 9 heteroatoms. The maximum atomic E-state index is 9.51. The Morgan fingerprint density at radius 2 is 2.15 bits per heavy atom. The standard InChI is InChI=1S/C11H19N7O2/c1-3-4-12-16-9-13-10(17(2)19)15-11(14-9)18-5-7-20-8-6-18/h4,19H,3,5-8H2,1-2H3,(H,13,14,15,16)/b12-4+. The van der Waals surface area contributed by atoms with Gasteiger partial charge in [-0.15, -0.1) is 0 Å². The number of hydrogen-bond acceptors (Lipinski definition) is 9. The quantitative estimate of drug-likeness (QED) is 0.589. The highest BCUT2D eigenvalue weighted by Crippen LogP contribution is 2.16. The Morgan fingerprint density at radius 1 is 1.40 bits per heavy atom. The van der Waals surface area contributed by atoms with Gasteiger partial charge in [0.15, 0.2) is 0 Å². The van der Waals surface area contributed by atoms with Crippen molar-refractivity contribution >= 4 is 24.1 Å². The third-order valence-electron chi connectivity index (χ3n) is 2.63. The van der Waals surface area contributed by atoms with Gasteiger partial charge < -0.3 is 9.64 Å². The van der Waals surface area contributed by atoms with Gasteiger partial charge in [0.1, 0.15) is 0 Å². The molecule has 2 heterocycles. The van der Waals surface area contributed by atoms with E-state index in [0.717, 1.165) is 11.5 Å². The predicted octanol–water partition coefficient (Wildman–Crippen LogP) is 0.341. The maximum Gasteiger partial charge on any atom is 0.255 e. The molecule has 0 unspecified atom stereocenters. The van der Waals surface area contributed by atoms with Gasteiger partial charge in [-0.25, -0.2) is 10.5 Å². The van der Waals surface area contributed by atoms with Crippen LogP contribution in [0.15, 0.2) is 5.10 Å². The Kier molecular flexibility index (Phi) is 5.02. The summed E-state index contributed by atoms with van der Waals surface area (Å²) in [5.41, 5.74) is 2.73. The van der Waals surface area contributed by atoms with E-state index in [1.165, 1.54) is 7.05 Å². The van der Waals surface area contributed by atoms with Gasteiger partial charge in [0.25, 0.3) is 5.95 Å². The first kappa shape index (κ1) is 14.4. The third kappa shape index (κ3) is 3.75. The lowest BCUT2D eigenvalue weighted by atomic mass is 10.4. The summed E-state index contributed by atoms with van der Waals surface area (Å²) in [6.45, 7) is 4.65. The van der Waals surface area contributed by atoms with Crippen molar-refractivity contribution < 1.29 is 9.94 Å². The first-order valence-electron chi connectivity index (χ1n) is 6.49. The number of morpholine rings is 1. The molecule has 1 saturated heterocycles. The Bertz CT molecular complexity index is 460. The smallest absolute Gasteiger partial charge is 0.255 e. The van der Waals surface area contributed by atoms with Crippen molar-refractivity contribution in [2.75, 3.05) is 48.7 Å². The van der Waals surface area contributed by atoms with Crippen molar-refractivity contribution in [3.05, 3.63) is 0 Å². The van der Waals surface area contributed by atoms with Gasteiger partial charge >= 0.3 is 0 Å². The molecule has 0 spiro atoms. The number of hydrogen-bond donors (Lipinski definition) is 2. The van der Waals surface area contributed by atoms with E-state index in [0.29, 0.717) is 38.2 Å². The van der Waals surface area contributed by atoms with Crippen LogP contribution in [0, 0.1) is 0 Å². The summed E-state index contributed by atoms with van der Waals surface area (Å²) in [6.07, 6.45) is 2.52. The molecule has 0 aromatic carbocycles. The summed E-state index contributed by atoms with van der Waals surface area (Å²) in [4.78, 5) is 14.6. The fourth-order valence-electron chi connectivity index (χ4n) is 1.65. The van der Waals surface area contributed by atoms with Gasteiger partial charge in [0.05, 0.1) is 13.2 Å². The molecule has 20 heavy (non-hydrogen) atoms. The van der Waals surface area contributed by atoms with Crippen LogP contribution in [0.25, 0.3) is 0 Å². The van der Waals surface area contributed by atoms with Crippen molar-refractivity contribution in [2.24, 2.45) is 5.10 Å². The van der Waals surface area contributed by atoms with E-state index in [9.17, 15) is 5.21 Å². The van der Waals surface area contributed by atoms with Gasteiger partial charge in [-0.05, 0) is 6.42 Å². The second-order valence-corrected chi connectivity index (χ2v) is 4.21. The zero-order chi connectivity index (χ0) is 14.4. The Labute approximate surface area is 117 Å². The summed E-state index contributed by atoms with van der Waals surface area (Å²) >= 11 is 0. The molecule has 0 saturated carbocycles. The zero-order valence-electron chi connectivity index (χ0n) is 11.7. The lowest BCUT2D eigenvalue weighted by molar-refractivity contribution is 0.122. The first-order valence-corrected chi connectivity index (χ1v) is 6.49. The summed E-state index contributed by atoms with van der Waals surface area (Å²) < 4.78 is 5.30. The number of hydroxylamine groups is 1. The third-order valence-corrected chi connectivity index (χ3v) is 2.63. The van der Waals surface area contributed by atoms with Crippen LogP contribution in [0.4, 0.5) is 17.8 Å². The van der Waals surface area contributed by atoms with Crippen LogP contribution in [0.1, 0.15) is 13.3 Å². The average Bonchev–Trinajstić information content (AvgIpc) is 2.48. The van der Waals surface area contributed by atoms with Gasteiger partial charge in [-0.3, -0.25) is 5.21 Å². The second-order valence-electron chi connectivity index (χ2n) is 4.21. The van der Waals surface area contributed by atoms with E-state index in [1.54, 1.807) is 6.21 Å². The number of aromatic nitrogens is 3. The minimum absolute atomic E-state index is 0.163. The van der Waals surface area contributed by atoms with Gasteiger partial charge in [0.2, 0.25) is 11.9 Å². The molecule has 1 aromatic rings. The molecule has 0 amide bonds. The highest BCUT2D eigenvalue weighted by molar-refractivity contribution is 5.58. The number of rotatable bonds is 5. The number of anilines is 3. The van der Waals surface area contributed by atoms with E-state index in [-0.39, 0.29) is 5.95 Å². The Morgan fingerprint density at radius 3 is 2.80 bits per heavy atom. The minimum atomic E-state index is 0.163. The van der Waals surface area contributed by atoms with Crippen molar-refractivity contribution in [3.8, 4) is 0 Å². The van der Waals surface area contributed by atoms with Crippen molar-refractivity contribution in [1.82, 2.24) is 15.0 Å². The molecule has 0 bridgehead atoms. The van der Waals surface area contributed by atoms with E-state index in [2.05, 4.69) is 25.5 Å². The van der Waals surface area contributed by atoms with Gasteiger partial charge in [-0.2, -0.15) is 20.1 Å². The van der Waals surface area contributed by atoms with E-state index >= 15 is 0 Å². The molecule has 0 aliphatic carbocycles.